The van der Waals surface area contributed by atoms with Gasteiger partial charge in [0.25, 0.3) is 0 Å². The highest BCUT2D eigenvalue weighted by molar-refractivity contribution is 5.87. The normalized spacial score (nSPS) is 16.6. The molecule has 82 valence electrons. The Morgan fingerprint density at radius 1 is 1.33 bits per heavy atom. The largest absolute Gasteiger partial charge is 0.478 e. The lowest BCUT2D eigenvalue weighted by atomic mass is 10.0. The van der Waals surface area contributed by atoms with Gasteiger partial charge < -0.3 is 10.8 Å². The van der Waals surface area contributed by atoms with E-state index in [2.05, 4.69) is 0 Å². The van der Waals surface area contributed by atoms with Crippen LogP contribution in [0.5, 0.6) is 0 Å². The zero-order valence-corrected chi connectivity index (χ0v) is 9.04. The fourth-order valence-corrected chi connectivity index (χ4v) is 1.58. The molecule has 2 rings (SSSR count). The van der Waals surface area contributed by atoms with Crippen molar-refractivity contribution in [3.8, 4) is 0 Å². The standard InChI is InChI=1S/C11H13NO2.ClH/c12-10(7-1-2-7)8-3-5-9(6-4-8)11(13)14;/h3-7,10H,1-2,12H2,(H,13,14);1H. The minimum Gasteiger partial charge on any atom is -0.478 e. The number of carboxylic acids is 1. The third kappa shape index (κ3) is 2.70. The quantitative estimate of drug-likeness (QED) is 0.832. The highest BCUT2D eigenvalue weighted by Crippen LogP contribution is 2.39. The van der Waals surface area contributed by atoms with Crippen LogP contribution in [0.25, 0.3) is 0 Å². The molecule has 3 nitrogen and oxygen atoms in total. The molecule has 15 heavy (non-hydrogen) atoms. The molecule has 3 N–H and O–H groups in total. The Balaban J connectivity index is 0.00000112. The zero-order chi connectivity index (χ0) is 10.1. The van der Waals surface area contributed by atoms with Gasteiger partial charge in [0.15, 0.2) is 0 Å². The summed E-state index contributed by atoms with van der Waals surface area (Å²) in [4.78, 5) is 10.6. The second kappa shape index (κ2) is 4.64. The molecule has 1 aromatic carbocycles. The molecule has 0 saturated heterocycles. The van der Waals surface area contributed by atoms with Crippen LogP contribution in [0.1, 0.15) is 34.8 Å². The highest BCUT2D eigenvalue weighted by atomic mass is 35.5. The average molecular weight is 228 g/mol. The topological polar surface area (TPSA) is 63.3 Å². The Kier molecular flexibility index (Phi) is 3.72. The van der Waals surface area contributed by atoms with E-state index in [9.17, 15) is 4.79 Å². The predicted molar refractivity (Wildman–Crippen MR) is 60.3 cm³/mol. The van der Waals surface area contributed by atoms with Gasteiger partial charge in [-0.05, 0) is 36.5 Å². The van der Waals surface area contributed by atoms with E-state index in [1.165, 1.54) is 12.8 Å². The second-order valence-electron chi connectivity index (χ2n) is 3.79. The monoisotopic (exact) mass is 227 g/mol. The molecule has 0 bridgehead atoms. The lowest BCUT2D eigenvalue weighted by Gasteiger charge is -2.10. The van der Waals surface area contributed by atoms with E-state index >= 15 is 0 Å². The number of nitrogens with two attached hydrogens (primary N) is 1. The second-order valence-corrected chi connectivity index (χ2v) is 3.79. The van der Waals surface area contributed by atoms with Gasteiger partial charge in [-0.3, -0.25) is 0 Å². The van der Waals surface area contributed by atoms with Crippen molar-refractivity contribution >= 4 is 18.4 Å². The minimum atomic E-state index is -0.892. The van der Waals surface area contributed by atoms with E-state index in [0.29, 0.717) is 11.5 Å². The third-order valence-corrected chi connectivity index (χ3v) is 2.67. The summed E-state index contributed by atoms with van der Waals surface area (Å²) in [5.41, 5.74) is 7.33. The zero-order valence-electron chi connectivity index (χ0n) is 8.22. The van der Waals surface area contributed by atoms with Gasteiger partial charge in [-0.15, -0.1) is 12.4 Å². The number of carboxylic acid groups (broad SMARTS) is 1. The first-order chi connectivity index (χ1) is 6.68. The summed E-state index contributed by atoms with van der Waals surface area (Å²) < 4.78 is 0. The molecule has 0 heterocycles. The van der Waals surface area contributed by atoms with Crippen molar-refractivity contribution in [2.24, 2.45) is 11.7 Å². The van der Waals surface area contributed by atoms with E-state index < -0.39 is 5.97 Å². The van der Waals surface area contributed by atoms with Gasteiger partial charge in [-0.25, -0.2) is 4.79 Å². The molecule has 1 atom stereocenters. The molecule has 1 aliphatic rings. The molecule has 0 aromatic heterocycles. The summed E-state index contributed by atoms with van der Waals surface area (Å²) in [6.07, 6.45) is 2.39. The van der Waals surface area contributed by atoms with Crippen LogP contribution >= 0.6 is 12.4 Å². The van der Waals surface area contributed by atoms with Crippen molar-refractivity contribution in [1.82, 2.24) is 0 Å². The van der Waals surface area contributed by atoms with E-state index in [-0.39, 0.29) is 18.4 Å². The van der Waals surface area contributed by atoms with Crippen LogP contribution in [0.2, 0.25) is 0 Å². The fraction of sp³-hybridized carbons (Fsp3) is 0.364. The van der Waals surface area contributed by atoms with Crippen LogP contribution in [-0.2, 0) is 0 Å². The molecular weight excluding hydrogens is 214 g/mol. The van der Waals surface area contributed by atoms with Gasteiger partial charge in [0.1, 0.15) is 0 Å². The smallest absolute Gasteiger partial charge is 0.335 e. The van der Waals surface area contributed by atoms with E-state index in [4.69, 9.17) is 10.8 Å². The average Bonchev–Trinajstić information content (AvgIpc) is 3.00. The van der Waals surface area contributed by atoms with Crippen molar-refractivity contribution in [1.29, 1.82) is 0 Å². The van der Waals surface area contributed by atoms with Crippen molar-refractivity contribution in [3.05, 3.63) is 35.4 Å². The van der Waals surface area contributed by atoms with Crippen molar-refractivity contribution < 1.29 is 9.90 Å². The Labute approximate surface area is 94.7 Å². The van der Waals surface area contributed by atoms with Crippen LogP contribution in [0, 0.1) is 5.92 Å². The van der Waals surface area contributed by atoms with Gasteiger partial charge in [0, 0.05) is 6.04 Å². The molecular formula is C11H14ClNO2. The van der Waals surface area contributed by atoms with Crippen LogP contribution < -0.4 is 5.73 Å². The van der Waals surface area contributed by atoms with E-state index in [1.54, 1.807) is 12.1 Å². The molecule has 1 aromatic rings. The van der Waals surface area contributed by atoms with Crippen LogP contribution in [0.4, 0.5) is 0 Å². The Hall–Kier alpha value is -1.06. The lowest BCUT2D eigenvalue weighted by molar-refractivity contribution is 0.0697. The first kappa shape index (κ1) is 12.0. The first-order valence-corrected chi connectivity index (χ1v) is 4.77. The molecule has 0 aliphatic heterocycles. The number of halogens is 1. The van der Waals surface area contributed by atoms with Crippen molar-refractivity contribution in [2.75, 3.05) is 0 Å². The number of hydrogen-bond donors (Lipinski definition) is 2. The SMILES string of the molecule is Cl.NC(c1ccc(C(=O)O)cc1)C1CC1. The molecule has 1 fully saturated rings. The van der Waals surface area contributed by atoms with Gasteiger partial charge in [0.2, 0.25) is 0 Å². The van der Waals surface area contributed by atoms with E-state index in [1.807, 2.05) is 12.1 Å². The molecule has 1 saturated carbocycles. The minimum absolute atomic E-state index is 0. The molecule has 0 amide bonds. The number of benzene rings is 1. The summed E-state index contributed by atoms with van der Waals surface area (Å²) in [7, 11) is 0. The summed E-state index contributed by atoms with van der Waals surface area (Å²) in [5.74, 6) is -0.290. The number of carbonyl (C=O) groups is 1. The van der Waals surface area contributed by atoms with Crippen LogP contribution in [-0.4, -0.2) is 11.1 Å². The summed E-state index contributed by atoms with van der Waals surface area (Å²) >= 11 is 0. The Morgan fingerprint density at radius 2 is 1.87 bits per heavy atom. The summed E-state index contributed by atoms with van der Waals surface area (Å²) in [6.45, 7) is 0. The van der Waals surface area contributed by atoms with Crippen LogP contribution in [0.3, 0.4) is 0 Å². The summed E-state index contributed by atoms with van der Waals surface area (Å²) in [5, 5.41) is 8.70. The molecule has 4 heteroatoms. The maximum Gasteiger partial charge on any atom is 0.335 e. The Morgan fingerprint density at radius 3 is 2.27 bits per heavy atom. The maximum atomic E-state index is 10.6. The van der Waals surface area contributed by atoms with Gasteiger partial charge in [-0.1, -0.05) is 12.1 Å². The lowest BCUT2D eigenvalue weighted by Crippen LogP contribution is -2.12. The van der Waals surface area contributed by atoms with Gasteiger partial charge in [-0.2, -0.15) is 0 Å². The Bertz CT molecular complexity index is 346. The number of aromatic carboxylic acids is 1. The molecule has 0 radical (unpaired) electrons. The molecule has 1 aliphatic carbocycles. The first-order valence-electron chi connectivity index (χ1n) is 4.77. The van der Waals surface area contributed by atoms with E-state index in [0.717, 1.165) is 5.56 Å². The van der Waals surface area contributed by atoms with Gasteiger partial charge >= 0.3 is 5.97 Å². The molecule has 0 spiro atoms. The van der Waals surface area contributed by atoms with Gasteiger partial charge in [0.05, 0.1) is 5.56 Å². The maximum absolute atomic E-state index is 10.6. The third-order valence-electron chi connectivity index (χ3n) is 2.67. The van der Waals surface area contributed by atoms with Crippen molar-refractivity contribution in [2.45, 2.75) is 18.9 Å². The number of hydrogen-bond acceptors (Lipinski definition) is 2. The summed E-state index contributed by atoms with van der Waals surface area (Å²) in [6, 6.07) is 6.93. The highest BCUT2D eigenvalue weighted by Gasteiger charge is 2.29. The number of rotatable bonds is 3. The predicted octanol–water partition coefficient (Wildman–Crippen LogP) is 2.22. The van der Waals surface area contributed by atoms with Crippen LogP contribution in [0.15, 0.2) is 24.3 Å². The molecule has 1 unspecified atom stereocenters. The fourth-order valence-electron chi connectivity index (χ4n) is 1.58. The van der Waals surface area contributed by atoms with Crippen molar-refractivity contribution in [3.63, 3.8) is 0 Å².